The van der Waals surface area contributed by atoms with Crippen LogP contribution in [0.3, 0.4) is 0 Å². The predicted molar refractivity (Wildman–Crippen MR) is 183 cm³/mol. The van der Waals surface area contributed by atoms with Crippen molar-refractivity contribution in [3.8, 4) is 11.5 Å². The molecule has 4 N–H and O–H groups in total. The topological polar surface area (TPSA) is 150 Å². The number of anilines is 2. The first-order valence-corrected chi connectivity index (χ1v) is 15.5. The molecule has 7 rings (SSSR count). The molecule has 4 heterocycles. The van der Waals surface area contributed by atoms with Crippen LogP contribution in [0.5, 0.6) is 11.5 Å². The average Bonchev–Trinajstić information content (AvgIpc) is 3.84. The first-order valence-electron chi connectivity index (χ1n) is 15.5. The number of pyridine rings is 1. The van der Waals surface area contributed by atoms with Crippen molar-refractivity contribution in [3.63, 3.8) is 0 Å². The SMILES string of the molecule is CC[C@@H]1CN(C(=O)c2cc3cc(NC)ccc3[nH]2)c2cc(O)c3[nH]c(C(F)(F)F)c(C(=O)OC)c3c21.COc1ccc2cc(C=O)ncc2c1. The Balaban J connectivity index is 0.000000257. The number of rotatable bonds is 6. The van der Waals surface area contributed by atoms with Crippen molar-refractivity contribution in [3.05, 3.63) is 89.0 Å². The van der Waals surface area contributed by atoms with Crippen LogP contribution < -0.4 is 15.0 Å². The highest BCUT2D eigenvalue weighted by atomic mass is 19.4. The highest BCUT2D eigenvalue weighted by molar-refractivity contribution is 6.15. The van der Waals surface area contributed by atoms with E-state index in [0.29, 0.717) is 23.4 Å². The van der Waals surface area contributed by atoms with E-state index in [1.807, 2.05) is 43.3 Å². The quantitative estimate of drug-likeness (QED) is 0.104. The molecule has 1 amide bonds. The number of H-pyrrole nitrogens is 2. The molecule has 3 aromatic heterocycles. The molecule has 258 valence electrons. The van der Waals surface area contributed by atoms with Crippen LogP contribution in [0.15, 0.2) is 60.8 Å². The summed E-state index contributed by atoms with van der Waals surface area (Å²) in [5.74, 6) is -1.67. The van der Waals surface area contributed by atoms with Gasteiger partial charge in [-0.1, -0.05) is 13.0 Å². The lowest BCUT2D eigenvalue weighted by molar-refractivity contribution is -0.141. The van der Waals surface area contributed by atoms with Gasteiger partial charge in [0.15, 0.2) is 6.29 Å². The van der Waals surface area contributed by atoms with Crippen LogP contribution in [0.4, 0.5) is 24.5 Å². The van der Waals surface area contributed by atoms with Crippen molar-refractivity contribution < 1.29 is 42.1 Å². The van der Waals surface area contributed by atoms with Crippen molar-refractivity contribution in [2.45, 2.75) is 25.4 Å². The summed E-state index contributed by atoms with van der Waals surface area (Å²) in [5.41, 5.74) is 0.766. The van der Waals surface area contributed by atoms with Gasteiger partial charge in [-0.3, -0.25) is 14.6 Å². The lowest BCUT2D eigenvalue weighted by Crippen LogP contribution is -2.30. The number of esters is 1. The minimum atomic E-state index is -4.89. The Kier molecular flexibility index (Phi) is 8.87. The number of amides is 1. The molecule has 1 atom stereocenters. The van der Waals surface area contributed by atoms with Crippen molar-refractivity contribution in [2.24, 2.45) is 0 Å². The highest BCUT2D eigenvalue weighted by Gasteiger charge is 2.43. The van der Waals surface area contributed by atoms with Gasteiger partial charge in [-0.2, -0.15) is 13.2 Å². The van der Waals surface area contributed by atoms with E-state index in [0.717, 1.165) is 46.5 Å². The van der Waals surface area contributed by atoms with Crippen LogP contribution >= 0.6 is 0 Å². The summed E-state index contributed by atoms with van der Waals surface area (Å²) in [4.78, 5) is 47.3. The molecular formula is C36H32F3N5O6. The number of hydrogen-bond acceptors (Lipinski definition) is 8. The van der Waals surface area contributed by atoms with Crippen molar-refractivity contribution in [1.82, 2.24) is 15.0 Å². The van der Waals surface area contributed by atoms with Crippen LogP contribution in [0.25, 0.3) is 32.6 Å². The van der Waals surface area contributed by atoms with Gasteiger partial charge in [0.2, 0.25) is 0 Å². The summed E-state index contributed by atoms with van der Waals surface area (Å²) in [7, 11) is 4.40. The maximum Gasteiger partial charge on any atom is 0.432 e. The van der Waals surface area contributed by atoms with Crippen LogP contribution in [0, 0.1) is 0 Å². The summed E-state index contributed by atoms with van der Waals surface area (Å²) >= 11 is 0. The summed E-state index contributed by atoms with van der Waals surface area (Å²) in [6, 6.07) is 15.9. The van der Waals surface area contributed by atoms with E-state index in [1.54, 1.807) is 32.5 Å². The second kappa shape index (κ2) is 13.1. The maximum absolute atomic E-state index is 13.8. The zero-order chi connectivity index (χ0) is 35.9. The minimum absolute atomic E-state index is 0.0818. The van der Waals surface area contributed by atoms with Gasteiger partial charge in [0.05, 0.1) is 31.0 Å². The van der Waals surface area contributed by atoms with Gasteiger partial charge < -0.3 is 34.8 Å². The van der Waals surface area contributed by atoms with Gasteiger partial charge in [0, 0.05) is 59.1 Å². The van der Waals surface area contributed by atoms with Gasteiger partial charge in [-0.15, -0.1) is 0 Å². The van der Waals surface area contributed by atoms with Gasteiger partial charge in [-0.05, 0) is 59.8 Å². The number of carbonyl (C=O) groups is 3. The zero-order valence-electron chi connectivity index (χ0n) is 27.4. The number of ether oxygens (including phenoxy) is 2. The molecule has 0 saturated carbocycles. The number of phenolic OH excluding ortho intramolecular Hbond substituents is 1. The maximum atomic E-state index is 13.8. The Labute approximate surface area is 283 Å². The van der Waals surface area contributed by atoms with Gasteiger partial charge in [0.25, 0.3) is 5.91 Å². The number of aromatic amines is 2. The Morgan fingerprint density at radius 1 is 1.06 bits per heavy atom. The largest absolute Gasteiger partial charge is 0.506 e. The molecule has 0 fully saturated rings. The number of aromatic hydroxyl groups is 1. The Morgan fingerprint density at radius 2 is 1.84 bits per heavy atom. The smallest absolute Gasteiger partial charge is 0.432 e. The fraction of sp³-hybridized carbons (Fsp3) is 0.222. The number of hydrogen-bond donors (Lipinski definition) is 4. The Morgan fingerprint density at radius 3 is 2.50 bits per heavy atom. The van der Waals surface area contributed by atoms with Crippen molar-refractivity contribution >= 4 is 62.1 Å². The fourth-order valence-corrected chi connectivity index (χ4v) is 6.34. The molecular weight excluding hydrogens is 655 g/mol. The van der Waals surface area contributed by atoms with E-state index in [4.69, 9.17) is 4.74 Å². The van der Waals surface area contributed by atoms with Gasteiger partial charge in [0.1, 0.15) is 28.6 Å². The van der Waals surface area contributed by atoms with E-state index in [-0.39, 0.29) is 29.1 Å². The molecule has 1 aliphatic heterocycles. The summed E-state index contributed by atoms with van der Waals surface area (Å²) in [6.07, 6.45) is -2.00. The van der Waals surface area contributed by atoms with Crippen LogP contribution in [0.1, 0.15) is 61.9 Å². The Hall–Kier alpha value is -6.05. The third-order valence-corrected chi connectivity index (χ3v) is 8.80. The second-order valence-corrected chi connectivity index (χ2v) is 11.6. The van der Waals surface area contributed by atoms with Crippen LogP contribution in [-0.4, -0.2) is 66.0 Å². The molecule has 1 aliphatic rings. The van der Waals surface area contributed by atoms with E-state index < -0.39 is 35.1 Å². The lowest BCUT2D eigenvalue weighted by Gasteiger charge is -2.17. The number of carbonyl (C=O) groups excluding carboxylic acids is 3. The molecule has 0 unspecified atom stereocenters. The molecule has 14 heteroatoms. The first-order chi connectivity index (χ1) is 23.9. The monoisotopic (exact) mass is 687 g/mol. The second-order valence-electron chi connectivity index (χ2n) is 11.6. The molecule has 0 saturated heterocycles. The molecule has 0 spiro atoms. The number of benzene rings is 3. The standard InChI is InChI=1S/C25H23F3N4O4.C11H9NO2/c1-4-11-10-32(23(34)15-8-12-7-13(29-2)5-6-14(12)30-15)16-9-17(33)21-19(18(11)16)20(24(35)36-3)22(31-21)25(26,27)28;1-14-11-3-2-8-4-10(7-13)12-6-9(8)5-11/h5-9,11,29-31,33H,4,10H2,1-3H3;2-7H,1H3/t11-;/m1./s1. The molecule has 0 bridgehead atoms. The normalized spacial score (nSPS) is 14.0. The van der Waals surface area contributed by atoms with Gasteiger partial charge >= 0.3 is 12.1 Å². The van der Waals surface area contributed by atoms with E-state index in [1.165, 1.54) is 11.0 Å². The lowest BCUT2D eigenvalue weighted by atomic mass is 9.92. The number of nitrogens with one attached hydrogen (secondary N) is 3. The van der Waals surface area contributed by atoms with Crippen molar-refractivity contribution in [2.75, 3.05) is 38.0 Å². The summed E-state index contributed by atoms with van der Waals surface area (Å²) in [6.45, 7) is 2.02. The predicted octanol–water partition coefficient (Wildman–Crippen LogP) is 7.41. The number of fused-ring (bicyclic) bond motifs is 5. The molecule has 0 aliphatic carbocycles. The van der Waals surface area contributed by atoms with Crippen LogP contribution in [0.2, 0.25) is 0 Å². The Bertz CT molecular complexity index is 2290. The molecule has 3 aromatic carbocycles. The highest BCUT2D eigenvalue weighted by Crippen LogP contribution is 2.49. The average molecular weight is 688 g/mol. The fourth-order valence-electron chi connectivity index (χ4n) is 6.34. The summed E-state index contributed by atoms with van der Waals surface area (Å²) < 4.78 is 51.3. The number of phenols is 1. The third kappa shape index (κ3) is 5.93. The third-order valence-electron chi connectivity index (χ3n) is 8.80. The van der Waals surface area contributed by atoms with E-state index >= 15 is 0 Å². The number of aldehydes is 1. The molecule has 11 nitrogen and oxygen atoms in total. The number of methoxy groups -OCH3 is 2. The molecule has 6 aromatic rings. The number of aromatic nitrogens is 3. The van der Waals surface area contributed by atoms with Crippen molar-refractivity contribution in [1.29, 1.82) is 0 Å². The van der Waals surface area contributed by atoms with Crippen LogP contribution in [-0.2, 0) is 10.9 Å². The van der Waals surface area contributed by atoms with Gasteiger partial charge in [-0.25, -0.2) is 4.79 Å². The number of alkyl halides is 3. The zero-order valence-corrected chi connectivity index (χ0v) is 27.4. The molecule has 50 heavy (non-hydrogen) atoms. The minimum Gasteiger partial charge on any atom is -0.506 e. The van der Waals surface area contributed by atoms with E-state index in [9.17, 15) is 32.7 Å². The number of halogens is 3. The summed E-state index contributed by atoms with van der Waals surface area (Å²) in [5, 5.41) is 16.4. The van der Waals surface area contributed by atoms with E-state index in [2.05, 4.69) is 25.0 Å². The molecule has 0 radical (unpaired) electrons. The first kappa shape index (κ1) is 33.8. The number of nitrogens with zero attached hydrogens (tertiary/aromatic N) is 2.